The molecule has 0 spiro atoms. The molecule has 10 heteroatoms. The topological polar surface area (TPSA) is 147 Å². The Bertz CT molecular complexity index is 1520. The Kier molecular flexibility index (Phi) is 7.28. The van der Waals surface area contributed by atoms with E-state index in [1.54, 1.807) is 6.20 Å². The molecule has 0 saturated carbocycles. The van der Waals surface area contributed by atoms with Gasteiger partial charge in [-0.2, -0.15) is 4.37 Å². The zero-order chi connectivity index (χ0) is 27.8. The molecule has 2 aromatic heterocycles. The van der Waals surface area contributed by atoms with E-state index in [9.17, 15) is 14.4 Å². The summed E-state index contributed by atoms with van der Waals surface area (Å²) in [5.41, 5.74) is 14.6. The molecule has 1 atom stereocenters. The second-order valence-corrected chi connectivity index (χ2v) is 10.9. The Balaban J connectivity index is 1.99. The first kappa shape index (κ1) is 26.9. The SMILES string of the molecule is CCC(C)(C)NC(=O)[C@@H](c1c[nH]c2ccccc12)N(C(=O)c1snc(C(N)=O)c1N)c1cc(C)cc(C)c1. The second-order valence-electron chi connectivity index (χ2n) is 10.1. The molecule has 6 N–H and O–H groups in total. The number of aromatic amines is 1. The second kappa shape index (κ2) is 10.3. The molecule has 0 fully saturated rings. The van der Waals surface area contributed by atoms with Gasteiger partial charge in [-0.1, -0.05) is 31.2 Å². The van der Waals surface area contributed by atoms with Crippen LogP contribution in [0.1, 0.15) is 70.1 Å². The van der Waals surface area contributed by atoms with Crippen LogP contribution in [0.4, 0.5) is 11.4 Å². The highest BCUT2D eigenvalue weighted by Crippen LogP contribution is 2.37. The first-order valence-electron chi connectivity index (χ1n) is 12.3. The lowest BCUT2D eigenvalue weighted by atomic mass is 9.97. The number of nitrogens with zero attached hydrogens (tertiary/aromatic N) is 2. The molecule has 0 aliphatic rings. The lowest BCUT2D eigenvalue weighted by Crippen LogP contribution is -2.50. The number of nitrogen functional groups attached to an aromatic ring is 1. The molecule has 3 amide bonds. The summed E-state index contributed by atoms with van der Waals surface area (Å²) < 4.78 is 4.02. The third kappa shape index (κ3) is 5.12. The van der Waals surface area contributed by atoms with Crippen LogP contribution in [-0.4, -0.2) is 32.6 Å². The van der Waals surface area contributed by atoms with Crippen LogP contribution in [0.25, 0.3) is 10.9 Å². The number of nitrogens with one attached hydrogen (secondary N) is 2. The fourth-order valence-electron chi connectivity index (χ4n) is 4.42. The van der Waals surface area contributed by atoms with E-state index < -0.39 is 23.4 Å². The number of carbonyl (C=O) groups is 3. The number of carbonyl (C=O) groups excluding carboxylic acids is 3. The smallest absolute Gasteiger partial charge is 0.273 e. The van der Waals surface area contributed by atoms with Gasteiger partial charge in [0, 0.05) is 33.9 Å². The zero-order valence-corrected chi connectivity index (χ0v) is 22.9. The number of primary amides is 1. The highest BCUT2D eigenvalue weighted by Gasteiger charge is 2.38. The number of hydrogen-bond donors (Lipinski definition) is 4. The molecular weight excluding hydrogens is 500 g/mol. The van der Waals surface area contributed by atoms with Crippen molar-refractivity contribution in [3.05, 3.63) is 75.9 Å². The number of fused-ring (bicyclic) bond motifs is 1. The van der Waals surface area contributed by atoms with E-state index in [2.05, 4.69) is 14.7 Å². The van der Waals surface area contributed by atoms with Crippen molar-refractivity contribution in [2.45, 2.75) is 52.6 Å². The third-order valence-electron chi connectivity index (χ3n) is 6.63. The van der Waals surface area contributed by atoms with Gasteiger partial charge < -0.3 is 21.8 Å². The molecule has 0 bridgehead atoms. The maximum Gasteiger partial charge on any atom is 0.273 e. The summed E-state index contributed by atoms with van der Waals surface area (Å²) in [4.78, 5) is 45.0. The Morgan fingerprint density at radius 2 is 1.79 bits per heavy atom. The third-order valence-corrected chi connectivity index (χ3v) is 7.48. The van der Waals surface area contributed by atoms with Crippen molar-refractivity contribution in [1.29, 1.82) is 0 Å². The number of H-pyrrole nitrogens is 1. The minimum Gasteiger partial charge on any atom is -0.395 e. The monoisotopic (exact) mass is 532 g/mol. The largest absolute Gasteiger partial charge is 0.395 e. The standard InChI is InChI=1S/C28H32N6O3S/c1-6-28(4,5)32-26(36)23(19-14-31-20-10-8-7-9-18(19)20)34(17-12-15(2)11-16(3)13-17)27(37)24-21(29)22(25(30)35)33-38-24/h7-14,23,31H,6,29H2,1-5H3,(H2,30,35)(H,32,36)/t23-/m1/s1. The van der Waals surface area contributed by atoms with E-state index in [0.717, 1.165) is 33.6 Å². The van der Waals surface area contributed by atoms with Gasteiger partial charge in [-0.3, -0.25) is 19.3 Å². The minimum atomic E-state index is -1.07. The van der Waals surface area contributed by atoms with Crippen LogP contribution in [-0.2, 0) is 4.79 Å². The van der Waals surface area contributed by atoms with Crippen molar-refractivity contribution in [1.82, 2.24) is 14.7 Å². The molecule has 198 valence electrons. The number of nitrogens with two attached hydrogens (primary N) is 2. The Hall–Kier alpha value is -4.18. The van der Waals surface area contributed by atoms with Crippen molar-refractivity contribution in [2.75, 3.05) is 10.6 Å². The number of rotatable bonds is 8. The maximum absolute atomic E-state index is 14.3. The molecule has 38 heavy (non-hydrogen) atoms. The molecule has 9 nitrogen and oxygen atoms in total. The van der Waals surface area contributed by atoms with Gasteiger partial charge in [-0.05, 0) is 75.0 Å². The summed E-state index contributed by atoms with van der Waals surface area (Å²) in [6.07, 6.45) is 2.43. The average Bonchev–Trinajstić information content (AvgIpc) is 3.44. The lowest BCUT2D eigenvalue weighted by molar-refractivity contribution is -0.124. The van der Waals surface area contributed by atoms with Crippen LogP contribution >= 0.6 is 11.5 Å². The molecule has 0 aliphatic carbocycles. The minimum absolute atomic E-state index is 0.0327. The number of para-hydroxylation sites is 1. The zero-order valence-electron chi connectivity index (χ0n) is 22.1. The van der Waals surface area contributed by atoms with Crippen LogP contribution in [0.5, 0.6) is 0 Å². The Morgan fingerprint density at radius 3 is 2.39 bits per heavy atom. The van der Waals surface area contributed by atoms with Gasteiger partial charge in [0.05, 0.1) is 5.69 Å². The quantitative estimate of drug-likeness (QED) is 0.261. The van der Waals surface area contributed by atoms with Crippen molar-refractivity contribution >= 4 is 51.5 Å². The predicted molar refractivity (Wildman–Crippen MR) is 151 cm³/mol. The summed E-state index contributed by atoms with van der Waals surface area (Å²) in [7, 11) is 0. The molecule has 2 heterocycles. The molecular formula is C28H32N6O3S. The number of amides is 3. The lowest BCUT2D eigenvalue weighted by Gasteiger charge is -2.34. The maximum atomic E-state index is 14.3. The summed E-state index contributed by atoms with van der Waals surface area (Å²) in [6, 6.07) is 12.2. The summed E-state index contributed by atoms with van der Waals surface area (Å²) in [5.74, 6) is -1.74. The average molecular weight is 533 g/mol. The van der Waals surface area contributed by atoms with Gasteiger partial charge in [0.25, 0.3) is 11.8 Å². The van der Waals surface area contributed by atoms with Gasteiger partial charge in [-0.25, -0.2) is 0 Å². The predicted octanol–water partition coefficient (Wildman–Crippen LogP) is 4.62. The normalized spacial score (nSPS) is 12.3. The Labute approximate surface area is 225 Å². The molecule has 0 unspecified atom stereocenters. The van der Waals surface area contributed by atoms with E-state index in [-0.39, 0.29) is 22.2 Å². The van der Waals surface area contributed by atoms with Gasteiger partial charge in [0.2, 0.25) is 5.91 Å². The summed E-state index contributed by atoms with van der Waals surface area (Å²) in [6.45, 7) is 9.69. The number of aromatic nitrogens is 2. The van der Waals surface area contributed by atoms with Crippen LogP contribution in [0.2, 0.25) is 0 Å². The van der Waals surface area contributed by atoms with E-state index in [1.165, 1.54) is 4.90 Å². The van der Waals surface area contributed by atoms with E-state index >= 15 is 0 Å². The van der Waals surface area contributed by atoms with E-state index in [1.807, 2.05) is 77.1 Å². The summed E-state index contributed by atoms with van der Waals surface area (Å²) in [5, 5.41) is 3.92. The molecule has 4 rings (SSSR count). The van der Waals surface area contributed by atoms with Gasteiger partial charge in [-0.15, -0.1) is 0 Å². The number of benzene rings is 2. The van der Waals surface area contributed by atoms with Crippen LogP contribution < -0.4 is 21.7 Å². The summed E-state index contributed by atoms with van der Waals surface area (Å²) >= 11 is 0.785. The van der Waals surface area contributed by atoms with Crippen LogP contribution in [0.3, 0.4) is 0 Å². The molecule has 0 radical (unpaired) electrons. The fourth-order valence-corrected chi connectivity index (χ4v) is 5.16. The van der Waals surface area contributed by atoms with Crippen LogP contribution in [0, 0.1) is 13.8 Å². The molecule has 0 saturated heterocycles. The van der Waals surface area contributed by atoms with E-state index in [4.69, 9.17) is 11.5 Å². The first-order valence-corrected chi connectivity index (χ1v) is 13.1. The highest BCUT2D eigenvalue weighted by atomic mass is 32.1. The molecule has 2 aromatic carbocycles. The van der Waals surface area contributed by atoms with Gasteiger partial charge >= 0.3 is 0 Å². The van der Waals surface area contributed by atoms with Crippen molar-refractivity contribution < 1.29 is 14.4 Å². The van der Waals surface area contributed by atoms with Crippen molar-refractivity contribution in [3.63, 3.8) is 0 Å². The van der Waals surface area contributed by atoms with Gasteiger partial charge in [0.1, 0.15) is 10.9 Å². The molecule has 0 aliphatic heterocycles. The van der Waals surface area contributed by atoms with Crippen molar-refractivity contribution in [2.24, 2.45) is 5.73 Å². The number of hydrogen-bond acceptors (Lipinski definition) is 6. The molecule has 4 aromatic rings. The first-order chi connectivity index (χ1) is 17.9. The number of aryl methyl sites for hydroxylation is 2. The van der Waals surface area contributed by atoms with Gasteiger partial charge in [0.15, 0.2) is 5.69 Å². The number of anilines is 2. The van der Waals surface area contributed by atoms with Crippen LogP contribution in [0.15, 0.2) is 48.7 Å². The van der Waals surface area contributed by atoms with Crippen molar-refractivity contribution in [3.8, 4) is 0 Å². The highest BCUT2D eigenvalue weighted by molar-refractivity contribution is 7.09. The van der Waals surface area contributed by atoms with E-state index in [0.29, 0.717) is 17.7 Å². The fraction of sp³-hybridized carbons (Fsp3) is 0.286. The Morgan fingerprint density at radius 1 is 1.13 bits per heavy atom.